The molecule has 2 aromatic heterocycles. The summed E-state index contributed by atoms with van der Waals surface area (Å²) in [7, 11) is 1.90. The summed E-state index contributed by atoms with van der Waals surface area (Å²) in [5.41, 5.74) is 10.3. The molecule has 0 amide bonds. The van der Waals surface area contributed by atoms with E-state index in [2.05, 4.69) is 15.1 Å². The minimum atomic E-state index is 0.687. The summed E-state index contributed by atoms with van der Waals surface area (Å²) in [6.45, 7) is 1.96. The van der Waals surface area contributed by atoms with Gasteiger partial charge >= 0.3 is 0 Å². The molecule has 3 N–H and O–H groups in total. The van der Waals surface area contributed by atoms with E-state index < -0.39 is 0 Å². The first-order valence-corrected chi connectivity index (χ1v) is 5.40. The predicted molar refractivity (Wildman–Crippen MR) is 67.4 cm³/mol. The Labute approximate surface area is 98.3 Å². The van der Waals surface area contributed by atoms with Crippen LogP contribution in [0.15, 0.2) is 24.4 Å². The summed E-state index contributed by atoms with van der Waals surface area (Å²) in [6, 6.07) is 5.73. The first-order chi connectivity index (χ1) is 8.15. The number of fused-ring (bicyclic) bond motifs is 1. The smallest absolute Gasteiger partial charge is 0.142 e. The number of nitrogens with one attached hydrogen (secondary N) is 1. The molecule has 2 heterocycles. The Kier molecular flexibility index (Phi) is 1.95. The fraction of sp³-hybridized carbons (Fsp3) is 0.167. The molecule has 0 aliphatic rings. The van der Waals surface area contributed by atoms with Gasteiger partial charge in [0.15, 0.2) is 0 Å². The number of rotatable bonds is 1. The fourth-order valence-corrected chi connectivity index (χ4v) is 2.01. The summed E-state index contributed by atoms with van der Waals surface area (Å²) in [5.74, 6) is 0.809. The van der Waals surface area contributed by atoms with Gasteiger partial charge in [-0.25, -0.2) is 4.98 Å². The highest BCUT2D eigenvalue weighted by Gasteiger charge is 2.11. The maximum Gasteiger partial charge on any atom is 0.142 e. The van der Waals surface area contributed by atoms with Gasteiger partial charge in [-0.1, -0.05) is 6.07 Å². The van der Waals surface area contributed by atoms with Gasteiger partial charge in [-0.3, -0.25) is 4.68 Å². The lowest BCUT2D eigenvalue weighted by atomic mass is 10.2. The zero-order valence-corrected chi connectivity index (χ0v) is 9.73. The number of nitrogens with two attached hydrogens (primary N) is 1. The number of nitrogen functional groups attached to an aromatic ring is 1. The number of para-hydroxylation sites is 1. The van der Waals surface area contributed by atoms with Crippen molar-refractivity contribution in [2.24, 2.45) is 7.05 Å². The monoisotopic (exact) mass is 227 g/mol. The van der Waals surface area contributed by atoms with E-state index in [1.54, 1.807) is 4.68 Å². The van der Waals surface area contributed by atoms with Crippen molar-refractivity contribution < 1.29 is 0 Å². The molecule has 0 fully saturated rings. The minimum absolute atomic E-state index is 0.687. The van der Waals surface area contributed by atoms with Gasteiger partial charge in [-0.05, 0) is 19.1 Å². The van der Waals surface area contributed by atoms with E-state index in [-0.39, 0.29) is 0 Å². The van der Waals surface area contributed by atoms with Gasteiger partial charge in [-0.15, -0.1) is 0 Å². The third-order valence-electron chi connectivity index (χ3n) is 2.81. The molecule has 0 aliphatic heterocycles. The summed E-state index contributed by atoms with van der Waals surface area (Å²) in [6.07, 6.45) is 1.95. The van der Waals surface area contributed by atoms with Crippen LogP contribution in [0.25, 0.3) is 22.4 Å². The number of aromatic amines is 1. The van der Waals surface area contributed by atoms with E-state index >= 15 is 0 Å². The first kappa shape index (κ1) is 9.89. The molecule has 0 saturated carbocycles. The van der Waals surface area contributed by atoms with Crippen molar-refractivity contribution in [1.82, 2.24) is 19.7 Å². The molecule has 1 aromatic carbocycles. The lowest BCUT2D eigenvalue weighted by molar-refractivity contribution is 0.756. The van der Waals surface area contributed by atoms with Crippen molar-refractivity contribution in [2.45, 2.75) is 6.92 Å². The van der Waals surface area contributed by atoms with Crippen LogP contribution in [-0.2, 0) is 7.05 Å². The van der Waals surface area contributed by atoms with Crippen LogP contribution in [0, 0.1) is 6.92 Å². The quantitative estimate of drug-likeness (QED) is 0.623. The van der Waals surface area contributed by atoms with E-state index in [1.807, 2.05) is 38.4 Å². The highest BCUT2D eigenvalue weighted by Crippen LogP contribution is 2.25. The molecule has 5 nitrogen and oxygen atoms in total. The number of aryl methyl sites for hydroxylation is 2. The molecule has 86 valence electrons. The molecule has 0 unspecified atom stereocenters. The Balaban J connectivity index is 2.25. The van der Waals surface area contributed by atoms with Crippen molar-refractivity contribution in [2.75, 3.05) is 5.73 Å². The normalized spacial score (nSPS) is 11.2. The number of imidazole rings is 1. The van der Waals surface area contributed by atoms with Crippen molar-refractivity contribution in [3.63, 3.8) is 0 Å². The van der Waals surface area contributed by atoms with Gasteiger partial charge in [0.05, 0.1) is 22.5 Å². The van der Waals surface area contributed by atoms with Gasteiger partial charge in [0.25, 0.3) is 0 Å². The summed E-state index contributed by atoms with van der Waals surface area (Å²) in [5, 5.41) is 4.31. The molecule has 0 aliphatic carbocycles. The number of hydrogen-bond donors (Lipinski definition) is 2. The largest absolute Gasteiger partial charge is 0.397 e. The number of anilines is 1. The molecule has 17 heavy (non-hydrogen) atoms. The molecule has 0 radical (unpaired) electrons. The lowest BCUT2D eigenvalue weighted by Crippen LogP contribution is -1.86. The minimum Gasteiger partial charge on any atom is -0.397 e. The Morgan fingerprint density at radius 2 is 2.18 bits per heavy atom. The molecular weight excluding hydrogens is 214 g/mol. The number of benzene rings is 1. The van der Waals surface area contributed by atoms with Crippen LogP contribution in [0.2, 0.25) is 0 Å². The maximum atomic E-state index is 5.89. The number of aromatic nitrogens is 4. The van der Waals surface area contributed by atoms with Crippen LogP contribution in [0.3, 0.4) is 0 Å². The Morgan fingerprint density at radius 1 is 1.35 bits per heavy atom. The summed E-state index contributed by atoms with van der Waals surface area (Å²) >= 11 is 0. The van der Waals surface area contributed by atoms with Crippen LogP contribution < -0.4 is 5.73 Å². The molecule has 5 heteroatoms. The summed E-state index contributed by atoms with van der Waals surface area (Å²) in [4.78, 5) is 7.79. The molecule has 3 rings (SSSR count). The second-order valence-corrected chi connectivity index (χ2v) is 4.13. The average molecular weight is 227 g/mol. The third-order valence-corrected chi connectivity index (χ3v) is 2.81. The molecular formula is C12H13N5. The topological polar surface area (TPSA) is 72.5 Å². The molecule has 0 saturated heterocycles. The van der Waals surface area contributed by atoms with Crippen molar-refractivity contribution in [1.29, 1.82) is 0 Å². The second kappa shape index (κ2) is 3.35. The Bertz CT molecular complexity index is 692. The van der Waals surface area contributed by atoms with E-state index in [1.165, 1.54) is 0 Å². The van der Waals surface area contributed by atoms with Crippen molar-refractivity contribution >= 4 is 16.7 Å². The zero-order chi connectivity index (χ0) is 12.0. The van der Waals surface area contributed by atoms with Crippen LogP contribution in [0.1, 0.15) is 5.69 Å². The number of nitrogens with zero attached hydrogens (tertiary/aromatic N) is 3. The lowest BCUT2D eigenvalue weighted by Gasteiger charge is -1.91. The molecule has 0 bridgehead atoms. The van der Waals surface area contributed by atoms with E-state index in [9.17, 15) is 0 Å². The van der Waals surface area contributed by atoms with Crippen molar-refractivity contribution in [3.8, 4) is 11.4 Å². The molecule has 0 atom stereocenters. The zero-order valence-electron chi connectivity index (χ0n) is 9.73. The number of hydrogen-bond acceptors (Lipinski definition) is 3. The average Bonchev–Trinajstić information content (AvgIpc) is 2.82. The number of H-pyrrole nitrogens is 1. The van der Waals surface area contributed by atoms with Crippen LogP contribution in [-0.4, -0.2) is 19.7 Å². The van der Waals surface area contributed by atoms with Crippen LogP contribution in [0.4, 0.5) is 5.69 Å². The second-order valence-electron chi connectivity index (χ2n) is 4.13. The maximum absolute atomic E-state index is 5.89. The van der Waals surface area contributed by atoms with Gasteiger partial charge < -0.3 is 10.7 Å². The third kappa shape index (κ3) is 1.47. The predicted octanol–water partition coefficient (Wildman–Crippen LogP) is 1.85. The fourth-order valence-electron chi connectivity index (χ4n) is 2.01. The molecule has 0 spiro atoms. The van der Waals surface area contributed by atoms with E-state index in [0.29, 0.717) is 5.69 Å². The van der Waals surface area contributed by atoms with E-state index in [4.69, 9.17) is 5.73 Å². The highest BCUT2D eigenvalue weighted by atomic mass is 15.3. The van der Waals surface area contributed by atoms with Gasteiger partial charge in [-0.2, -0.15) is 5.10 Å². The standard InChI is InChI=1S/C12H13N5/c1-7-8(6-17(2)16-7)12-14-10-5-3-4-9(13)11(10)15-12/h3-6H,13H2,1-2H3,(H,14,15). The Morgan fingerprint density at radius 3 is 2.82 bits per heavy atom. The van der Waals surface area contributed by atoms with Gasteiger partial charge in [0, 0.05) is 13.2 Å². The Hall–Kier alpha value is -2.30. The molecule has 3 aromatic rings. The van der Waals surface area contributed by atoms with Gasteiger partial charge in [0.1, 0.15) is 11.3 Å². The van der Waals surface area contributed by atoms with Gasteiger partial charge in [0.2, 0.25) is 0 Å². The van der Waals surface area contributed by atoms with Crippen molar-refractivity contribution in [3.05, 3.63) is 30.1 Å². The van der Waals surface area contributed by atoms with E-state index in [0.717, 1.165) is 28.1 Å². The van der Waals surface area contributed by atoms with Crippen LogP contribution >= 0.6 is 0 Å². The van der Waals surface area contributed by atoms with Crippen LogP contribution in [0.5, 0.6) is 0 Å². The summed E-state index contributed by atoms with van der Waals surface area (Å²) < 4.78 is 1.78. The SMILES string of the molecule is Cc1nn(C)cc1-c1nc2c(N)cccc2[nH]1. The highest BCUT2D eigenvalue weighted by molar-refractivity contribution is 5.89. The first-order valence-electron chi connectivity index (χ1n) is 5.40.